The van der Waals surface area contributed by atoms with Gasteiger partial charge in [-0.2, -0.15) is 5.10 Å². The molecule has 0 amide bonds. The molecular weight excluding hydrogens is 312 g/mol. The lowest BCUT2D eigenvalue weighted by atomic mass is 9.96. The highest BCUT2D eigenvalue weighted by molar-refractivity contribution is 5.17. The van der Waals surface area contributed by atoms with Crippen LogP contribution < -0.4 is 5.56 Å². The van der Waals surface area contributed by atoms with Gasteiger partial charge in [-0.3, -0.25) is 9.69 Å². The maximum absolute atomic E-state index is 13.3. The summed E-state index contributed by atoms with van der Waals surface area (Å²) in [5.74, 6) is -0.674. The molecule has 0 spiro atoms. The molecule has 0 aliphatic carbocycles. The Bertz CT molecular complexity index is 747. The van der Waals surface area contributed by atoms with Crippen molar-refractivity contribution in [3.05, 3.63) is 63.6 Å². The van der Waals surface area contributed by atoms with Gasteiger partial charge in [0.25, 0.3) is 5.56 Å². The fraction of sp³-hybridized carbons (Fsp3) is 0.444. The lowest BCUT2D eigenvalue weighted by molar-refractivity contribution is 0.163. The van der Waals surface area contributed by atoms with Crippen molar-refractivity contribution >= 4 is 0 Å². The van der Waals surface area contributed by atoms with Crippen molar-refractivity contribution in [3.8, 4) is 0 Å². The fourth-order valence-corrected chi connectivity index (χ4v) is 3.21. The Balaban J connectivity index is 1.56. The van der Waals surface area contributed by atoms with Crippen LogP contribution in [0.4, 0.5) is 8.78 Å². The molecule has 1 fully saturated rings. The van der Waals surface area contributed by atoms with Crippen molar-refractivity contribution in [2.45, 2.75) is 32.9 Å². The molecule has 24 heavy (non-hydrogen) atoms. The lowest BCUT2D eigenvalue weighted by Gasteiger charge is -2.32. The molecule has 128 valence electrons. The third kappa shape index (κ3) is 4.26. The van der Waals surface area contributed by atoms with E-state index >= 15 is 0 Å². The summed E-state index contributed by atoms with van der Waals surface area (Å²) in [7, 11) is 0. The van der Waals surface area contributed by atoms with Crippen molar-refractivity contribution in [3.63, 3.8) is 0 Å². The molecule has 2 heterocycles. The number of hydrogen-bond acceptors (Lipinski definition) is 3. The Morgan fingerprint density at radius 2 is 1.79 bits per heavy atom. The molecule has 0 atom stereocenters. The zero-order valence-corrected chi connectivity index (χ0v) is 13.7. The molecule has 1 aromatic carbocycles. The summed E-state index contributed by atoms with van der Waals surface area (Å²) in [5, 5.41) is 4.28. The fourth-order valence-electron chi connectivity index (χ4n) is 3.21. The smallest absolute Gasteiger partial charge is 0.266 e. The van der Waals surface area contributed by atoms with Crippen LogP contribution in [0.5, 0.6) is 0 Å². The van der Waals surface area contributed by atoms with Crippen LogP contribution in [0.2, 0.25) is 0 Å². The number of rotatable bonds is 4. The molecule has 0 bridgehead atoms. The molecule has 1 aliphatic rings. The number of halogens is 2. The van der Waals surface area contributed by atoms with E-state index in [1.165, 1.54) is 16.8 Å². The number of hydrogen-bond donors (Lipinski definition) is 0. The van der Waals surface area contributed by atoms with Crippen molar-refractivity contribution in [2.75, 3.05) is 13.1 Å². The number of aromatic nitrogens is 2. The van der Waals surface area contributed by atoms with Crippen molar-refractivity contribution in [2.24, 2.45) is 5.92 Å². The van der Waals surface area contributed by atoms with Crippen LogP contribution in [-0.2, 0) is 13.1 Å². The number of piperidine rings is 1. The average molecular weight is 333 g/mol. The third-order valence-corrected chi connectivity index (χ3v) is 4.47. The van der Waals surface area contributed by atoms with E-state index in [9.17, 15) is 13.6 Å². The first-order chi connectivity index (χ1) is 11.5. The highest BCUT2D eigenvalue weighted by Gasteiger charge is 2.20. The first kappa shape index (κ1) is 16.8. The van der Waals surface area contributed by atoms with E-state index in [2.05, 4.69) is 10.00 Å². The van der Waals surface area contributed by atoms with Crippen molar-refractivity contribution in [1.29, 1.82) is 0 Å². The molecule has 0 saturated carbocycles. The maximum Gasteiger partial charge on any atom is 0.266 e. The molecule has 0 radical (unpaired) electrons. The van der Waals surface area contributed by atoms with Crippen LogP contribution in [0, 0.1) is 24.5 Å². The molecule has 1 saturated heterocycles. The zero-order valence-electron chi connectivity index (χ0n) is 13.7. The Kier molecular flexibility index (Phi) is 5.04. The topological polar surface area (TPSA) is 38.1 Å². The van der Waals surface area contributed by atoms with Crippen LogP contribution in [0.15, 0.2) is 35.1 Å². The molecule has 4 nitrogen and oxygen atoms in total. The van der Waals surface area contributed by atoms with Gasteiger partial charge in [0.15, 0.2) is 0 Å². The van der Waals surface area contributed by atoms with Gasteiger partial charge in [0.05, 0.1) is 5.69 Å². The van der Waals surface area contributed by atoms with E-state index in [0.29, 0.717) is 24.6 Å². The molecule has 3 rings (SSSR count). The van der Waals surface area contributed by atoms with Crippen LogP contribution >= 0.6 is 0 Å². The number of likely N-dealkylation sites (tertiary alicyclic amines) is 1. The van der Waals surface area contributed by atoms with Crippen LogP contribution in [0.3, 0.4) is 0 Å². The van der Waals surface area contributed by atoms with Gasteiger partial charge in [0, 0.05) is 25.2 Å². The van der Waals surface area contributed by atoms with E-state index in [1.807, 2.05) is 6.92 Å². The second kappa shape index (κ2) is 7.21. The van der Waals surface area contributed by atoms with Crippen molar-refractivity contribution < 1.29 is 8.78 Å². The van der Waals surface area contributed by atoms with Gasteiger partial charge in [-0.05, 0) is 62.5 Å². The molecule has 0 unspecified atom stereocenters. The van der Waals surface area contributed by atoms with Crippen LogP contribution in [0.1, 0.15) is 24.1 Å². The molecule has 1 aromatic heterocycles. The third-order valence-electron chi connectivity index (χ3n) is 4.47. The van der Waals surface area contributed by atoms with Crippen molar-refractivity contribution in [1.82, 2.24) is 14.7 Å². The first-order valence-corrected chi connectivity index (χ1v) is 8.22. The van der Waals surface area contributed by atoms with Crippen LogP contribution in [0.25, 0.3) is 0 Å². The molecular formula is C18H21F2N3O. The highest BCUT2D eigenvalue weighted by Crippen LogP contribution is 2.20. The minimum absolute atomic E-state index is 0.0711. The number of benzene rings is 1. The standard InChI is InChI=1S/C18H21F2N3O/c1-13-2-3-18(24)23(21-13)12-14-4-6-22(7-5-14)11-15-8-16(19)10-17(20)9-15/h2-3,8-10,14H,4-7,11-12H2,1H3. The first-order valence-electron chi connectivity index (χ1n) is 8.22. The van der Waals surface area contributed by atoms with E-state index in [1.54, 1.807) is 12.1 Å². The summed E-state index contributed by atoms with van der Waals surface area (Å²) < 4.78 is 28.1. The Morgan fingerprint density at radius 1 is 1.12 bits per heavy atom. The second-order valence-electron chi connectivity index (χ2n) is 6.49. The average Bonchev–Trinajstić information content (AvgIpc) is 2.52. The predicted molar refractivity (Wildman–Crippen MR) is 87.6 cm³/mol. The van der Waals surface area contributed by atoms with Gasteiger partial charge >= 0.3 is 0 Å². The number of aryl methyl sites for hydroxylation is 1. The summed E-state index contributed by atoms with van der Waals surface area (Å²) >= 11 is 0. The van der Waals surface area contributed by atoms with E-state index in [0.717, 1.165) is 37.7 Å². The Labute approximate surface area is 139 Å². The zero-order chi connectivity index (χ0) is 17.1. The molecule has 2 aromatic rings. The summed E-state index contributed by atoms with van der Waals surface area (Å²) in [6, 6.07) is 6.93. The second-order valence-corrected chi connectivity index (χ2v) is 6.49. The summed E-state index contributed by atoms with van der Waals surface area (Å²) in [4.78, 5) is 14.0. The van der Waals surface area contributed by atoms with Gasteiger partial charge in [0.1, 0.15) is 11.6 Å². The van der Waals surface area contributed by atoms with E-state index in [-0.39, 0.29) is 5.56 Å². The SMILES string of the molecule is Cc1ccc(=O)n(CC2CCN(Cc3cc(F)cc(F)c3)CC2)n1. The maximum atomic E-state index is 13.3. The predicted octanol–water partition coefficient (Wildman–Crippen LogP) is 2.74. The van der Waals surface area contributed by atoms with E-state index in [4.69, 9.17) is 0 Å². The number of nitrogens with zero attached hydrogens (tertiary/aromatic N) is 3. The van der Waals surface area contributed by atoms with E-state index < -0.39 is 11.6 Å². The summed E-state index contributed by atoms with van der Waals surface area (Å²) in [6.07, 6.45) is 1.89. The Morgan fingerprint density at radius 3 is 2.46 bits per heavy atom. The van der Waals surface area contributed by atoms with Gasteiger partial charge in [-0.1, -0.05) is 0 Å². The van der Waals surface area contributed by atoms with Crippen LogP contribution in [-0.4, -0.2) is 27.8 Å². The van der Waals surface area contributed by atoms with Gasteiger partial charge < -0.3 is 0 Å². The Hall–Kier alpha value is -2.08. The molecule has 6 heteroatoms. The van der Waals surface area contributed by atoms with Gasteiger partial charge in [-0.15, -0.1) is 0 Å². The normalized spacial score (nSPS) is 16.5. The quantitative estimate of drug-likeness (QED) is 0.863. The largest absolute Gasteiger partial charge is 0.299 e. The highest BCUT2D eigenvalue weighted by atomic mass is 19.1. The van der Waals surface area contributed by atoms with Gasteiger partial charge in [0.2, 0.25) is 0 Å². The molecule has 1 aliphatic heterocycles. The minimum Gasteiger partial charge on any atom is -0.299 e. The van der Waals surface area contributed by atoms with Gasteiger partial charge in [-0.25, -0.2) is 13.5 Å². The lowest BCUT2D eigenvalue weighted by Crippen LogP contribution is -2.36. The molecule has 0 N–H and O–H groups in total. The minimum atomic E-state index is -0.537. The summed E-state index contributed by atoms with van der Waals surface area (Å²) in [5.41, 5.74) is 1.42. The summed E-state index contributed by atoms with van der Waals surface area (Å²) in [6.45, 7) is 4.75. The monoisotopic (exact) mass is 333 g/mol.